The highest BCUT2D eigenvalue weighted by Crippen LogP contribution is 2.07. The molecule has 0 aliphatic carbocycles. The van der Waals surface area contributed by atoms with Crippen LogP contribution in [-0.2, 0) is 0 Å². The largest absolute Gasteiger partial charge is 0.344 e. The summed E-state index contributed by atoms with van der Waals surface area (Å²) in [5.74, 6) is 0.813. The number of hydrogen-bond donors (Lipinski definition) is 2. The molecule has 0 fully saturated rings. The zero-order valence-corrected chi connectivity index (χ0v) is 6.94. The average Bonchev–Trinajstić information content (AvgIpc) is 2.11. The third kappa shape index (κ3) is 1.23. The number of nitrogens with one attached hydrogen (secondary N) is 1. The minimum Gasteiger partial charge on any atom is -0.291 e. The van der Waals surface area contributed by atoms with E-state index in [9.17, 15) is 0 Å². The predicted octanol–water partition coefficient (Wildman–Crippen LogP) is -0.285. The zero-order valence-electron chi connectivity index (χ0n) is 6.94. The van der Waals surface area contributed by atoms with Crippen molar-refractivity contribution in [3.63, 3.8) is 0 Å². The summed E-state index contributed by atoms with van der Waals surface area (Å²) in [6.07, 6.45) is 0. The Morgan fingerprint density at radius 1 is 1.50 bits per heavy atom. The van der Waals surface area contributed by atoms with Gasteiger partial charge < -0.3 is 0 Å². The van der Waals surface area contributed by atoms with Crippen molar-refractivity contribution >= 4 is 5.96 Å². The van der Waals surface area contributed by atoms with Gasteiger partial charge in [0.05, 0.1) is 18.6 Å². The summed E-state index contributed by atoms with van der Waals surface area (Å²) in [7, 11) is 0. The Morgan fingerprint density at radius 2 is 2.10 bits per heavy atom. The van der Waals surface area contributed by atoms with E-state index in [0.29, 0.717) is 0 Å². The quantitative estimate of drug-likeness (QED) is 0.457. The number of guanidine groups is 1. The Kier molecular flexibility index (Phi) is 1.58. The van der Waals surface area contributed by atoms with E-state index in [0.717, 1.165) is 19.0 Å². The Morgan fingerprint density at radius 3 is 2.30 bits per heavy atom. The number of nitrogens with two attached hydrogens (primary N) is 1. The molecule has 0 aromatic carbocycles. The fraction of sp³-hybridized carbons (Fsp3) is 0.857. The van der Waals surface area contributed by atoms with Gasteiger partial charge in [0.1, 0.15) is 0 Å². The molecule has 58 valence electrons. The van der Waals surface area contributed by atoms with Crippen molar-refractivity contribution in [2.45, 2.75) is 26.3 Å². The summed E-state index contributed by atoms with van der Waals surface area (Å²) in [6, 6.07) is 0. The Bertz CT molecular complexity index is 164. The molecule has 3 heteroatoms. The standard InChI is InChI=1S/C7H15N3/c1-7(2,3)10-5-4-9-6(10)8/h4-5H2,1-3H3,(H2,8,9)/p+1. The van der Waals surface area contributed by atoms with Crippen LogP contribution in [0.4, 0.5) is 0 Å². The van der Waals surface area contributed by atoms with Crippen molar-refractivity contribution in [3.05, 3.63) is 0 Å². The van der Waals surface area contributed by atoms with Crippen LogP contribution in [-0.4, -0.2) is 29.2 Å². The summed E-state index contributed by atoms with van der Waals surface area (Å²) in [5, 5.41) is 3.10. The predicted molar refractivity (Wildman–Crippen MR) is 42.1 cm³/mol. The van der Waals surface area contributed by atoms with E-state index in [1.54, 1.807) is 0 Å². The van der Waals surface area contributed by atoms with Crippen molar-refractivity contribution in [1.29, 1.82) is 0 Å². The molecule has 1 aliphatic heterocycles. The van der Waals surface area contributed by atoms with Gasteiger partial charge in [0.25, 0.3) is 0 Å². The maximum Gasteiger partial charge on any atom is 0.344 e. The molecule has 0 bridgehead atoms. The molecule has 1 aliphatic rings. The lowest BCUT2D eigenvalue weighted by Gasteiger charge is -2.19. The van der Waals surface area contributed by atoms with Gasteiger partial charge in [0.2, 0.25) is 0 Å². The molecule has 1 heterocycles. The molecule has 1 rings (SSSR count). The van der Waals surface area contributed by atoms with Crippen molar-refractivity contribution in [2.24, 2.45) is 5.73 Å². The van der Waals surface area contributed by atoms with Gasteiger partial charge in [-0.1, -0.05) is 0 Å². The highest BCUT2D eigenvalue weighted by atomic mass is 15.3. The van der Waals surface area contributed by atoms with Crippen LogP contribution < -0.4 is 11.1 Å². The summed E-state index contributed by atoms with van der Waals surface area (Å²) in [5.41, 5.74) is 5.86. The Labute approximate surface area is 61.9 Å². The molecule has 0 aromatic heterocycles. The Balaban J connectivity index is 2.81. The molecule has 0 saturated carbocycles. The van der Waals surface area contributed by atoms with Gasteiger partial charge >= 0.3 is 5.96 Å². The van der Waals surface area contributed by atoms with Gasteiger partial charge in [0.15, 0.2) is 0 Å². The summed E-state index contributed by atoms with van der Waals surface area (Å²) in [6.45, 7) is 8.48. The molecule has 0 unspecified atom stereocenters. The molecule has 10 heavy (non-hydrogen) atoms. The van der Waals surface area contributed by atoms with E-state index >= 15 is 0 Å². The van der Waals surface area contributed by atoms with Crippen LogP contribution in [0.1, 0.15) is 20.8 Å². The van der Waals surface area contributed by atoms with Crippen LogP contribution in [0.5, 0.6) is 0 Å². The number of rotatable bonds is 0. The third-order valence-corrected chi connectivity index (χ3v) is 1.74. The lowest BCUT2D eigenvalue weighted by atomic mass is 10.1. The maximum absolute atomic E-state index is 5.70. The minimum atomic E-state index is 0.160. The monoisotopic (exact) mass is 142 g/mol. The smallest absolute Gasteiger partial charge is 0.291 e. The summed E-state index contributed by atoms with van der Waals surface area (Å²) in [4.78, 5) is 0. The third-order valence-electron chi connectivity index (χ3n) is 1.74. The van der Waals surface area contributed by atoms with Crippen molar-refractivity contribution in [3.8, 4) is 0 Å². The molecule has 3 nitrogen and oxygen atoms in total. The van der Waals surface area contributed by atoms with E-state index in [-0.39, 0.29) is 5.54 Å². The van der Waals surface area contributed by atoms with Crippen LogP contribution in [0.3, 0.4) is 0 Å². The van der Waals surface area contributed by atoms with E-state index in [1.165, 1.54) is 0 Å². The first-order chi connectivity index (χ1) is 4.52. The van der Waals surface area contributed by atoms with Crippen LogP contribution in [0.15, 0.2) is 0 Å². The fourth-order valence-electron chi connectivity index (χ4n) is 1.21. The lowest BCUT2D eigenvalue weighted by molar-refractivity contribution is -0.589. The maximum atomic E-state index is 5.70. The van der Waals surface area contributed by atoms with Crippen LogP contribution in [0, 0.1) is 0 Å². The number of nitrogens with zero attached hydrogens (tertiary/aromatic N) is 1. The lowest BCUT2D eigenvalue weighted by Crippen LogP contribution is -2.40. The van der Waals surface area contributed by atoms with Crippen molar-refractivity contribution in [1.82, 2.24) is 5.32 Å². The second-order valence-corrected chi connectivity index (χ2v) is 3.63. The van der Waals surface area contributed by atoms with Crippen LogP contribution in [0.25, 0.3) is 0 Å². The Hall–Kier alpha value is -0.730. The zero-order chi connectivity index (χ0) is 7.78. The van der Waals surface area contributed by atoms with Gasteiger partial charge in [-0.05, 0) is 20.8 Å². The topological polar surface area (TPSA) is 41.1 Å². The van der Waals surface area contributed by atoms with Crippen molar-refractivity contribution < 1.29 is 4.58 Å². The van der Waals surface area contributed by atoms with Gasteiger partial charge in [-0.2, -0.15) is 0 Å². The molecule has 0 spiro atoms. The molecule has 0 aromatic rings. The van der Waals surface area contributed by atoms with E-state index < -0.39 is 0 Å². The molecule has 0 amide bonds. The van der Waals surface area contributed by atoms with E-state index in [1.807, 2.05) is 0 Å². The highest BCUT2D eigenvalue weighted by molar-refractivity contribution is 5.73. The van der Waals surface area contributed by atoms with Gasteiger partial charge in [-0.25, -0.2) is 0 Å². The van der Waals surface area contributed by atoms with Gasteiger partial charge in [-0.15, -0.1) is 0 Å². The van der Waals surface area contributed by atoms with E-state index in [2.05, 4.69) is 30.7 Å². The first kappa shape index (κ1) is 7.38. The van der Waals surface area contributed by atoms with E-state index in [4.69, 9.17) is 5.73 Å². The van der Waals surface area contributed by atoms with Crippen molar-refractivity contribution in [2.75, 3.05) is 13.1 Å². The fourth-order valence-corrected chi connectivity index (χ4v) is 1.21. The molecule has 0 radical (unpaired) electrons. The summed E-state index contributed by atoms with van der Waals surface area (Å²) >= 11 is 0. The molecule has 0 atom stereocenters. The van der Waals surface area contributed by atoms with Crippen LogP contribution >= 0.6 is 0 Å². The number of hydrogen-bond acceptors (Lipinski definition) is 2. The second kappa shape index (κ2) is 2.15. The normalized spacial score (nSPS) is 19.5. The van der Waals surface area contributed by atoms with Crippen LogP contribution in [0.2, 0.25) is 0 Å². The van der Waals surface area contributed by atoms with Gasteiger partial charge in [-0.3, -0.25) is 15.6 Å². The molecule has 3 N–H and O–H groups in total. The minimum absolute atomic E-state index is 0.160. The molecule has 0 saturated heterocycles. The highest BCUT2D eigenvalue weighted by Gasteiger charge is 2.26. The van der Waals surface area contributed by atoms with Gasteiger partial charge in [0, 0.05) is 0 Å². The SMILES string of the molecule is CC(C)(C)[N+]1=C(N)NCC1. The first-order valence-electron chi connectivity index (χ1n) is 3.66. The summed E-state index contributed by atoms with van der Waals surface area (Å²) < 4.78 is 2.17. The first-order valence-corrected chi connectivity index (χ1v) is 3.66. The molecular weight excluding hydrogens is 126 g/mol. The average molecular weight is 142 g/mol. The molecular formula is C7H16N3+. The second-order valence-electron chi connectivity index (χ2n) is 3.63.